The lowest BCUT2D eigenvalue weighted by atomic mass is 10.1. The molecule has 0 amide bonds. The highest BCUT2D eigenvalue weighted by atomic mass is 32.1. The summed E-state index contributed by atoms with van der Waals surface area (Å²) in [6.07, 6.45) is 0. The van der Waals surface area contributed by atoms with Gasteiger partial charge in [-0.05, 0) is 30.2 Å². The molecule has 0 fully saturated rings. The molecule has 22 heavy (non-hydrogen) atoms. The summed E-state index contributed by atoms with van der Waals surface area (Å²) < 4.78 is 5.12. The first-order valence-corrected chi connectivity index (χ1v) is 8.09. The van der Waals surface area contributed by atoms with E-state index in [2.05, 4.69) is 58.9 Å². The van der Waals surface area contributed by atoms with Crippen LogP contribution in [-0.4, -0.2) is 20.1 Å². The third kappa shape index (κ3) is 5.16. The van der Waals surface area contributed by atoms with E-state index < -0.39 is 0 Å². The van der Waals surface area contributed by atoms with Crippen molar-refractivity contribution in [3.8, 4) is 0 Å². The van der Waals surface area contributed by atoms with Gasteiger partial charge in [0.2, 0.25) is 0 Å². The van der Waals surface area contributed by atoms with Crippen LogP contribution in [0.3, 0.4) is 0 Å². The number of nitrogens with zero attached hydrogens (tertiary/aromatic N) is 1. The number of thiophene rings is 1. The van der Waals surface area contributed by atoms with Gasteiger partial charge in [0.25, 0.3) is 0 Å². The average Bonchev–Trinajstić information content (AvgIpc) is 2.95. The minimum absolute atomic E-state index is 0.650. The van der Waals surface area contributed by atoms with Crippen LogP contribution in [0.4, 0.5) is 0 Å². The lowest BCUT2D eigenvalue weighted by Crippen LogP contribution is -2.36. The smallest absolute Gasteiger partial charge is 0.191 e. The van der Waals surface area contributed by atoms with E-state index in [0.717, 1.165) is 19.0 Å². The van der Waals surface area contributed by atoms with Crippen molar-refractivity contribution in [2.45, 2.75) is 26.6 Å². The SMILES string of the molecule is CN=C(NCc1ccc(COC)cc1)NCc1ccc(C)s1. The van der Waals surface area contributed by atoms with Crippen LogP contribution in [0.25, 0.3) is 0 Å². The molecule has 0 bridgehead atoms. The molecule has 0 saturated heterocycles. The molecule has 0 saturated carbocycles. The maximum absolute atomic E-state index is 5.12. The molecule has 0 aliphatic heterocycles. The van der Waals surface area contributed by atoms with Gasteiger partial charge in [-0.15, -0.1) is 11.3 Å². The second-order valence-corrected chi connectivity index (χ2v) is 6.41. The largest absolute Gasteiger partial charge is 0.380 e. The summed E-state index contributed by atoms with van der Waals surface area (Å²) in [5, 5.41) is 6.66. The van der Waals surface area contributed by atoms with Crippen LogP contribution >= 0.6 is 11.3 Å². The van der Waals surface area contributed by atoms with Crippen molar-refractivity contribution in [2.24, 2.45) is 4.99 Å². The summed E-state index contributed by atoms with van der Waals surface area (Å²) in [5.74, 6) is 0.812. The van der Waals surface area contributed by atoms with Crippen LogP contribution in [0.15, 0.2) is 41.4 Å². The number of aliphatic imine (C=N–C) groups is 1. The van der Waals surface area contributed by atoms with Gasteiger partial charge in [-0.1, -0.05) is 24.3 Å². The number of hydrogen-bond donors (Lipinski definition) is 2. The number of guanidine groups is 1. The van der Waals surface area contributed by atoms with E-state index >= 15 is 0 Å². The molecule has 2 rings (SSSR count). The number of nitrogens with one attached hydrogen (secondary N) is 2. The van der Waals surface area contributed by atoms with Gasteiger partial charge in [0, 0.05) is 30.5 Å². The average molecular weight is 317 g/mol. The third-order valence-electron chi connectivity index (χ3n) is 3.24. The first-order chi connectivity index (χ1) is 10.7. The van der Waals surface area contributed by atoms with Crippen molar-refractivity contribution in [3.63, 3.8) is 0 Å². The predicted octanol–water partition coefficient (Wildman–Crippen LogP) is 3.07. The molecular formula is C17H23N3OS. The van der Waals surface area contributed by atoms with Crippen LogP contribution in [0.1, 0.15) is 20.9 Å². The predicted molar refractivity (Wildman–Crippen MR) is 93.2 cm³/mol. The molecule has 2 aromatic rings. The van der Waals surface area contributed by atoms with E-state index in [1.165, 1.54) is 20.9 Å². The highest BCUT2D eigenvalue weighted by Crippen LogP contribution is 2.14. The van der Waals surface area contributed by atoms with Crippen LogP contribution in [0.2, 0.25) is 0 Å². The van der Waals surface area contributed by atoms with Crippen LogP contribution in [-0.2, 0) is 24.4 Å². The molecule has 5 heteroatoms. The van der Waals surface area contributed by atoms with Gasteiger partial charge in [-0.25, -0.2) is 0 Å². The monoisotopic (exact) mass is 317 g/mol. The Hall–Kier alpha value is -1.85. The zero-order chi connectivity index (χ0) is 15.8. The minimum Gasteiger partial charge on any atom is -0.380 e. The normalized spacial score (nSPS) is 11.5. The molecule has 0 aliphatic carbocycles. The Morgan fingerprint density at radius 2 is 1.73 bits per heavy atom. The number of ether oxygens (including phenoxy) is 1. The Morgan fingerprint density at radius 1 is 1.05 bits per heavy atom. The molecular weight excluding hydrogens is 294 g/mol. The van der Waals surface area contributed by atoms with E-state index in [-0.39, 0.29) is 0 Å². The lowest BCUT2D eigenvalue weighted by molar-refractivity contribution is 0.185. The molecule has 1 aromatic heterocycles. The van der Waals surface area contributed by atoms with Crippen molar-refractivity contribution in [1.29, 1.82) is 0 Å². The van der Waals surface area contributed by atoms with Crippen molar-refractivity contribution in [3.05, 3.63) is 57.3 Å². The second-order valence-electron chi connectivity index (χ2n) is 5.04. The fourth-order valence-electron chi connectivity index (χ4n) is 2.08. The Balaban J connectivity index is 1.80. The number of rotatable bonds is 6. The zero-order valence-corrected chi connectivity index (χ0v) is 14.2. The summed E-state index contributed by atoms with van der Waals surface area (Å²) >= 11 is 1.80. The molecule has 4 nitrogen and oxygen atoms in total. The second kappa shape index (κ2) is 8.56. The molecule has 0 spiro atoms. The maximum atomic E-state index is 5.12. The highest BCUT2D eigenvalue weighted by Gasteiger charge is 2.01. The van der Waals surface area contributed by atoms with Crippen LogP contribution in [0, 0.1) is 6.92 Å². The first-order valence-electron chi connectivity index (χ1n) is 7.28. The highest BCUT2D eigenvalue weighted by molar-refractivity contribution is 7.11. The Labute approximate surface area is 136 Å². The summed E-state index contributed by atoms with van der Waals surface area (Å²) in [7, 11) is 3.50. The number of hydrogen-bond acceptors (Lipinski definition) is 3. The van der Waals surface area contributed by atoms with Gasteiger partial charge < -0.3 is 15.4 Å². The van der Waals surface area contributed by atoms with Gasteiger partial charge in [-0.2, -0.15) is 0 Å². The van der Waals surface area contributed by atoms with Crippen LogP contribution in [0.5, 0.6) is 0 Å². The molecule has 0 unspecified atom stereocenters. The zero-order valence-electron chi connectivity index (χ0n) is 13.3. The van der Waals surface area contributed by atoms with Gasteiger partial charge in [0.05, 0.1) is 13.2 Å². The van der Waals surface area contributed by atoms with E-state index in [1.54, 1.807) is 25.5 Å². The first kappa shape index (κ1) is 16.5. The number of aryl methyl sites for hydroxylation is 1. The molecule has 0 aliphatic rings. The number of methoxy groups -OCH3 is 1. The molecule has 1 heterocycles. The lowest BCUT2D eigenvalue weighted by Gasteiger charge is -2.11. The van der Waals surface area contributed by atoms with Crippen LogP contribution < -0.4 is 10.6 Å². The Bertz CT molecular complexity index is 605. The number of benzene rings is 1. The Morgan fingerprint density at radius 3 is 2.32 bits per heavy atom. The maximum Gasteiger partial charge on any atom is 0.191 e. The standard InChI is InChI=1S/C17H23N3OS/c1-13-4-9-16(22-13)11-20-17(18-2)19-10-14-5-7-15(8-6-14)12-21-3/h4-9H,10-12H2,1-3H3,(H2,18,19,20). The summed E-state index contributed by atoms with van der Waals surface area (Å²) in [5.41, 5.74) is 2.40. The topological polar surface area (TPSA) is 45.7 Å². The quantitative estimate of drug-likeness (QED) is 0.636. The molecule has 1 aromatic carbocycles. The molecule has 0 atom stereocenters. The van der Waals surface area contributed by atoms with Crippen molar-refractivity contribution in [2.75, 3.05) is 14.2 Å². The Kier molecular flexibility index (Phi) is 6.43. The summed E-state index contributed by atoms with van der Waals surface area (Å²) in [4.78, 5) is 6.89. The van der Waals surface area contributed by atoms with Gasteiger partial charge in [0.15, 0.2) is 5.96 Å². The van der Waals surface area contributed by atoms with Gasteiger partial charge in [0.1, 0.15) is 0 Å². The third-order valence-corrected chi connectivity index (χ3v) is 4.24. The molecule has 118 valence electrons. The fraction of sp³-hybridized carbons (Fsp3) is 0.353. The molecule has 2 N–H and O–H groups in total. The van der Waals surface area contributed by atoms with Gasteiger partial charge >= 0.3 is 0 Å². The summed E-state index contributed by atoms with van der Waals surface area (Å²) in [6.45, 7) is 4.31. The van der Waals surface area contributed by atoms with E-state index in [0.29, 0.717) is 6.61 Å². The van der Waals surface area contributed by atoms with Crippen molar-refractivity contribution >= 4 is 17.3 Å². The van der Waals surface area contributed by atoms with E-state index in [4.69, 9.17) is 4.74 Å². The van der Waals surface area contributed by atoms with E-state index in [1.807, 2.05) is 0 Å². The molecule has 0 radical (unpaired) electrons. The minimum atomic E-state index is 0.650. The summed E-state index contributed by atoms with van der Waals surface area (Å²) in [6, 6.07) is 12.7. The fourth-order valence-corrected chi connectivity index (χ4v) is 2.91. The van der Waals surface area contributed by atoms with Gasteiger partial charge in [-0.3, -0.25) is 4.99 Å². The van der Waals surface area contributed by atoms with E-state index in [9.17, 15) is 0 Å². The van der Waals surface area contributed by atoms with Crippen molar-refractivity contribution in [1.82, 2.24) is 10.6 Å². The van der Waals surface area contributed by atoms with Crippen molar-refractivity contribution < 1.29 is 4.74 Å².